The number of hydrogen-bond donors (Lipinski definition) is 1. The Morgan fingerprint density at radius 3 is 2.26 bits per heavy atom. The lowest BCUT2D eigenvalue weighted by atomic mass is 9.97. The minimum absolute atomic E-state index is 0.0425. The summed E-state index contributed by atoms with van der Waals surface area (Å²) in [6.07, 6.45) is 1.02. The monoisotopic (exact) mass is 355 g/mol. The van der Waals surface area contributed by atoms with E-state index in [2.05, 4.69) is 65.6 Å². The number of nitrogens with zero attached hydrogens (tertiary/aromatic N) is 2. The maximum atomic E-state index is 6.28. The quantitative estimate of drug-likeness (QED) is 0.674. The van der Waals surface area contributed by atoms with Crippen LogP contribution in [0.15, 0.2) is 89.9 Å². The van der Waals surface area contributed by atoms with Crippen LogP contribution in [0.5, 0.6) is 0 Å². The molecule has 1 heterocycles. The van der Waals surface area contributed by atoms with Crippen molar-refractivity contribution in [3.8, 4) is 0 Å². The van der Waals surface area contributed by atoms with Crippen LogP contribution in [0.2, 0.25) is 0 Å². The van der Waals surface area contributed by atoms with Crippen LogP contribution in [-0.4, -0.2) is 23.7 Å². The third-order valence-electron chi connectivity index (χ3n) is 5.09. The van der Waals surface area contributed by atoms with Gasteiger partial charge in [0.1, 0.15) is 6.04 Å². The van der Waals surface area contributed by atoms with Crippen molar-refractivity contribution in [3.63, 3.8) is 0 Å². The van der Waals surface area contributed by atoms with E-state index in [1.165, 1.54) is 16.8 Å². The lowest BCUT2D eigenvalue weighted by Crippen LogP contribution is -2.20. The Labute approximate surface area is 161 Å². The van der Waals surface area contributed by atoms with E-state index in [1.807, 2.05) is 24.3 Å². The molecule has 3 heteroatoms. The third kappa shape index (κ3) is 4.26. The van der Waals surface area contributed by atoms with Crippen molar-refractivity contribution in [2.24, 2.45) is 4.99 Å². The van der Waals surface area contributed by atoms with Gasteiger partial charge in [-0.15, -0.1) is 0 Å². The molecule has 0 amide bonds. The van der Waals surface area contributed by atoms with Gasteiger partial charge < -0.3 is 5.73 Å². The molecule has 2 N–H and O–H groups in total. The molecule has 1 unspecified atom stereocenters. The summed E-state index contributed by atoms with van der Waals surface area (Å²) in [7, 11) is 0. The Bertz CT molecular complexity index is 903. The van der Waals surface area contributed by atoms with Crippen molar-refractivity contribution in [2.75, 3.05) is 18.8 Å². The molecule has 1 fully saturated rings. The maximum Gasteiger partial charge on any atom is 0.102 e. The molecular weight excluding hydrogens is 330 g/mol. The number of benzene rings is 3. The van der Waals surface area contributed by atoms with Crippen molar-refractivity contribution in [1.29, 1.82) is 0 Å². The zero-order valence-corrected chi connectivity index (χ0v) is 15.5. The van der Waals surface area contributed by atoms with E-state index < -0.39 is 0 Å². The first kappa shape index (κ1) is 17.5. The van der Waals surface area contributed by atoms with Crippen molar-refractivity contribution >= 4 is 11.4 Å². The number of aliphatic imine (C=N–C) groups is 1. The van der Waals surface area contributed by atoms with Gasteiger partial charge in [0.25, 0.3) is 0 Å². The van der Waals surface area contributed by atoms with Crippen LogP contribution in [0.4, 0.5) is 5.69 Å². The molecule has 0 aromatic heterocycles. The van der Waals surface area contributed by atoms with Gasteiger partial charge in [0, 0.05) is 36.6 Å². The topological polar surface area (TPSA) is 41.6 Å². The number of anilines is 1. The van der Waals surface area contributed by atoms with Gasteiger partial charge in [-0.1, -0.05) is 78.9 Å². The van der Waals surface area contributed by atoms with E-state index in [4.69, 9.17) is 10.7 Å². The SMILES string of the molecule is Nc1ccccc1C(N=C1CCN(Cc2ccccc2)C1)c1ccccc1. The molecule has 0 bridgehead atoms. The Morgan fingerprint density at radius 2 is 1.52 bits per heavy atom. The first-order chi connectivity index (χ1) is 13.3. The number of para-hydroxylation sites is 1. The molecule has 0 radical (unpaired) electrons. The molecule has 3 aromatic carbocycles. The van der Waals surface area contributed by atoms with Crippen LogP contribution in [0, 0.1) is 0 Å². The summed E-state index contributed by atoms with van der Waals surface area (Å²) in [4.78, 5) is 7.63. The molecular formula is C24H25N3. The minimum atomic E-state index is -0.0425. The molecule has 27 heavy (non-hydrogen) atoms. The van der Waals surface area contributed by atoms with Gasteiger partial charge >= 0.3 is 0 Å². The normalized spacial score (nSPS) is 17.3. The van der Waals surface area contributed by atoms with Crippen molar-refractivity contribution < 1.29 is 0 Å². The molecule has 3 aromatic rings. The van der Waals surface area contributed by atoms with Crippen LogP contribution >= 0.6 is 0 Å². The first-order valence-electron chi connectivity index (χ1n) is 9.51. The predicted octanol–water partition coefficient (Wildman–Crippen LogP) is 4.71. The van der Waals surface area contributed by atoms with Crippen molar-refractivity contribution in [3.05, 3.63) is 102 Å². The Hall–Kier alpha value is -2.91. The molecule has 0 aliphatic carbocycles. The highest BCUT2D eigenvalue weighted by atomic mass is 15.2. The Balaban J connectivity index is 1.57. The molecule has 1 aliphatic heterocycles. The third-order valence-corrected chi connectivity index (χ3v) is 5.09. The minimum Gasteiger partial charge on any atom is -0.398 e. The smallest absolute Gasteiger partial charge is 0.102 e. The number of likely N-dealkylation sites (tertiary alicyclic amines) is 1. The van der Waals surface area contributed by atoms with E-state index in [0.717, 1.165) is 37.3 Å². The van der Waals surface area contributed by atoms with E-state index in [1.54, 1.807) is 0 Å². The van der Waals surface area contributed by atoms with Gasteiger partial charge in [0.15, 0.2) is 0 Å². The van der Waals surface area contributed by atoms with Gasteiger partial charge in [-0.2, -0.15) is 0 Å². The van der Waals surface area contributed by atoms with E-state index in [9.17, 15) is 0 Å². The zero-order valence-electron chi connectivity index (χ0n) is 15.5. The van der Waals surface area contributed by atoms with Crippen LogP contribution in [0.25, 0.3) is 0 Å². The highest BCUT2D eigenvalue weighted by Crippen LogP contribution is 2.31. The van der Waals surface area contributed by atoms with Gasteiger partial charge in [-0.25, -0.2) is 0 Å². The second-order valence-electron chi connectivity index (χ2n) is 7.08. The summed E-state index contributed by atoms with van der Waals surface area (Å²) in [5.74, 6) is 0. The Morgan fingerprint density at radius 1 is 0.852 bits per heavy atom. The van der Waals surface area contributed by atoms with Crippen LogP contribution in [0.3, 0.4) is 0 Å². The number of rotatable bonds is 5. The standard InChI is InChI=1S/C24H25N3/c25-23-14-8-7-13-22(23)24(20-11-5-2-6-12-20)26-21-15-16-27(18-21)17-19-9-3-1-4-10-19/h1-14,24H,15-18,25H2. The Kier molecular flexibility index (Phi) is 5.31. The average molecular weight is 355 g/mol. The average Bonchev–Trinajstić information content (AvgIpc) is 3.15. The van der Waals surface area contributed by atoms with Gasteiger partial charge in [-0.05, 0) is 23.6 Å². The zero-order chi connectivity index (χ0) is 18.5. The molecule has 3 nitrogen and oxygen atoms in total. The van der Waals surface area contributed by atoms with Crippen LogP contribution in [0.1, 0.15) is 29.2 Å². The fourth-order valence-electron chi connectivity index (χ4n) is 3.69. The summed E-state index contributed by atoms with van der Waals surface area (Å²) in [6, 6.07) is 29.1. The number of nitrogen functional groups attached to an aromatic ring is 1. The van der Waals surface area contributed by atoms with E-state index >= 15 is 0 Å². The van der Waals surface area contributed by atoms with Crippen LogP contribution < -0.4 is 5.73 Å². The molecule has 0 spiro atoms. The lowest BCUT2D eigenvalue weighted by Gasteiger charge is -2.17. The molecule has 1 saturated heterocycles. The molecule has 136 valence electrons. The van der Waals surface area contributed by atoms with Crippen molar-refractivity contribution in [2.45, 2.75) is 19.0 Å². The summed E-state index contributed by atoms with van der Waals surface area (Å²) < 4.78 is 0. The summed E-state index contributed by atoms with van der Waals surface area (Å²) in [6.45, 7) is 2.95. The molecule has 4 rings (SSSR count). The van der Waals surface area contributed by atoms with E-state index in [0.29, 0.717) is 0 Å². The van der Waals surface area contributed by atoms with Crippen molar-refractivity contribution in [1.82, 2.24) is 4.90 Å². The summed E-state index contributed by atoms with van der Waals surface area (Å²) >= 11 is 0. The fraction of sp³-hybridized carbons (Fsp3) is 0.208. The maximum absolute atomic E-state index is 6.28. The summed E-state index contributed by atoms with van der Waals surface area (Å²) in [5, 5.41) is 0. The van der Waals surface area contributed by atoms with Crippen LogP contribution in [-0.2, 0) is 6.54 Å². The fourth-order valence-corrected chi connectivity index (χ4v) is 3.69. The lowest BCUT2D eigenvalue weighted by molar-refractivity contribution is 0.341. The van der Waals surface area contributed by atoms with E-state index in [-0.39, 0.29) is 6.04 Å². The highest BCUT2D eigenvalue weighted by molar-refractivity contribution is 5.88. The molecule has 1 aliphatic rings. The van der Waals surface area contributed by atoms with Gasteiger partial charge in [-0.3, -0.25) is 9.89 Å². The second-order valence-corrected chi connectivity index (χ2v) is 7.08. The highest BCUT2D eigenvalue weighted by Gasteiger charge is 2.21. The largest absolute Gasteiger partial charge is 0.398 e. The molecule has 1 atom stereocenters. The molecule has 0 saturated carbocycles. The van der Waals surface area contributed by atoms with Gasteiger partial charge in [0.2, 0.25) is 0 Å². The van der Waals surface area contributed by atoms with Gasteiger partial charge in [0.05, 0.1) is 0 Å². The number of nitrogens with two attached hydrogens (primary N) is 1. The summed E-state index contributed by atoms with van der Waals surface area (Å²) in [5.41, 5.74) is 12.0. The first-order valence-corrected chi connectivity index (χ1v) is 9.51. The second kappa shape index (κ2) is 8.19. The predicted molar refractivity (Wildman–Crippen MR) is 113 cm³/mol. The number of hydrogen-bond acceptors (Lipinski definition) is 3.